The Bertz CT molecular complexity index is 442. The number of carbonyl (C=O) groups excluding carboxylic acids is 1. The molecule has 100 valence electrons. The van der Waals surface area contributed by atoms with Gasteiger partial charge in [0.15, 0.2) is 0 Å². The number of rotatable bonds is 7. The van der Waals surface area contributed by atoms with Crippen molar-refractivity contribution >= 4 is 11.6 Å². The lowest BCUT2D eigenvalue weighted by molar-refractivity contribution is -0.116. The molecule has 0 spiro atoms. The first-order valence-corrected chi connectivity index (χ1v) is 5.86. The van der Waals surface area contributed by atoms with Crippen molar-refractivity contribution in [1.82, 2.24) is 4.57 Å². The fourth-order valence-electron chi connectivity index (χ4n) is 1.46. The zero-order valence-corrected chi connectivity index (χ0v) is 10.5. The van der Waals surface area contributed by atoms with Crippen LogP contribution in [0.1, 0.15) is 12.8 Å². The molecule has 0 aromatic carbocycles. The van der Waals surface area contributed by atoms with Crippen molar-refractivity contribution in [2.45, 2.75) is 19.4 Å². The lowest BCUT2D eigenvalue weighted by Gasteiger charge is -2.09. The van der Waals surface area contributed by atoms with E-state index in [1.165, 1.54) is 10.6 Å². The van der Waals surface area contributed by atoms with Crippen LogP contribution < -0.4 is 16.6 Å². The summed E-state index contributed by atoms with van der Waals surface area (Å²) >= 11 is 0. The number of amides is 1. The largest absolute Gasteiger partial charge is 0.383 e. The Balaban J connectivity index is 2.66. The van der Waals surface area contributed by atoms with Crippen LogP contribution in [0.2, 0.25) is 0 Å². The zero-order chi connectivity index (χ0) is 13.4. The van der Waals surface area contributed by atoms with Gasteiger partial charge in [-0.15, -0.1) is 0 Å². The van der Waals surface area contributed by atoms with Crippen molar-refractivity contribution < 1.29 is 9.53 Å². The molecule has 1 aromatic rings. The minimum Gasteiger partial charge on any atom is -0.383 e. The molecule has 0 aliphatic carbocycles. The predicted molar refractivity (Wildman–Crippen MR) is 69.5 cm³/mol. The van der Waals surface area contributed by atoms with Gasteiger partial charge in [-0.2, -0.15) is 0 Å². The number of nitrogens with zero attached hydrogens (tertiary/aromatic N) is 1. The molecule has 3 N–H and O–H groups in total. The van der Waals surface area contributed by atoms with Crippen molar-refractivity contribution in [2.75, 3.05) is 25.6 Å². The number of anilines is 1. The maximum absolute atomic E-state index is 11.5. The second-order valence-electron chi connectivity index (χ2n) is 3.88. The van der Waals surface area contributed by atoms with Gasteiger partial charge in [0.05, 0.1) is 12.3 Å². The van der Waals surface area contributed by atoms with E-state index in [0.29, 0.717) is 38.2 Å². The highest BCUT2D eigenvalue weighted by Gasteiger charge is 2.03. The molecule has 0 bridgehead atoms. The van der Waals surface area contributed by atoms with Gasteiger partial charge in [-0.3, -0.25) is 9.59 Å². The standard InChI is InChI=1S/C12H19N3O3/c1-18-8-7-15-9-10(4-5-12(15)17)14-11(16)3-2-6-13/h4-5,9H,2-3,6-8,13H2,1H3,(H,14,16). The van der Waals surface area contributed by atoms with Crippen LogP contribution >= 0.6 is 0 Å². The molecule has 18 heavy (non-hydrogen) atoms. The SMILES string of the molecule is COCCn1cc(NC(=O)CCCN)ccc1=O. The summed E-state index contributed by atoms with van der Waals surface area (Å²) in [5.41, 5.74) is 5.82. The summed E-state index contributed by atoms with van der Waals surface area (Å²) in [6, 6.07) is 3.01. The van der Waals surface area contributed by atoms with Gasteiger partial charge in [0.25, 0.3) is 5.56 Å². The fourth-order valence-corrected chi connectivity index (χ4v) is 1.46. The van der Waals surface area contributed by atoms with E-state index < -0.39 is 0 Å². The molecule has 0 saturated heterocycles. The predicted octanol–water partition coefficient (Wildman–Crippen LogP) is 0.172. The van der Waals surface area contributed by atoms with Crippen molar-refractivity contribution in [1.29, 1.82) is 0 Å². The summed E-state index contributed by atoms with van der Waals surface area (Å²) in [5.74, 6) is -0.0996. The fraction of sp³-hybridized carbons (Fsp3) is 0.500. The minimum absolute atomic E-state index is 0.0996. The number of ether oxygens (including phenoxy) is 1. The Morgan fingerprint density at radius 3 is 2.94 bits per heavy atom. The van der Waals surface area contributed by atoms with E-state index in [9.17, 15) is 9.59 Å². The quantitative estimate of drug-likeness (QED) is 0.725. The molecule has 0 radical (unpaired) electrons. The van der Waals surface area contributed by atoms with Crippen LogP contribution in [0.15, 0.2) is 23.1 Å². The number of carbonyl (C=O) groups is 1. The van der Waals surface area contributed by atoms with Crippen LogP contribution in [-0.2, 0) is 16.1 Å². The molecule has 0 aliphatic rings. The van der Waals surface area contributed by atoms with E-state index in [1.54, 1.807) is 19.4 Å². The van der Waals surface area contributed by atoms with Gasteiger partial charge in [-0.05, 0) is 19.0 Å². The van der Waals surface area contributed by atoms with Gasteiger partial charge < -0.3 is 20.4 Å². The minimum atomic E-state index is -0.119. The van der Waals surface area contributed by atoms with Crippen molar-refractivity contribution in [3.63, 3.8) is 0 Å². The number of hydrogen-bond acceptors (Lipinski definition) is 4. The molecule has 1 aromatic heterocycles. The molecule has 6 nitrogen and oxygen atoms in total. The Morgan fingerprint density at radius 2 is 2.28 bits per heavy atom. The normalized spacial score (nSPS) is 10.3. The number of aromatic nitrogens is 1. The van der Waals surface area contributed by atoms with Crippen LogP contribution in [-0.4, -0.2) is 30.7 Å². The molecule has 6 heteroatoms. The Morgan fingerprint density at radius 1 is 1.50 bits per heavy atom. The molecule has 0 unspecified atom stereocenters. The first-order chi connectivity index (χ1) is 8.67. The summed E-state index contributed by atoms with van der Waals surface area (Å²) < 4.78 is 6.42. The topological polar surface area (TPSA) is 86.3 Å². The highest BCUT2D eigenvalue weighted by atomic mass is 16.5. The lowest BCUT2D eigenvalue weighted by atomic mass is 10.3. The summed E-state index contributed by atoms with van der Waals surface area (Å²) in [5, 5.41) is 2.73. The van der Waals surface area contributed by atoms with Crippen LogP contribution in [0.4, 0.5) is 5.69 Å². The molecule has 1 rings (SSSR count). The van der Waals surface area contributed by atoms with Gasteiger partial charge in [-0.25, -0.2) is 0 Å². The Hall–Kier alpha value is -1.66. The monoisotopic (exact) mass is 253 g/mol. The van der Waals surface area contributed by atoms with Gasteiger partial charge in [0.2, 0.25) is 5.91 Å². The Labute approximate surface area is 106 Å². The van der Waals surface area contributed by atoms with Crippen molar-refractivity contribution in [3.05, 3.63) is 28.7 Å². The Kier molecular flexibility index (Phi) is 6.10. The van der Waals surface area contributed by atoms with Crippen LogP contribution in [0.5, 0.6) is 0 Å². The van der Waals surface area contributed by atoms with Gasteiger partial charge in [0.1, 0.15) is 0 Å². The summed E-state index contributed by atoms with van der Waals surface area (Å²) in [7, 11) is 1.57. The molecule has 1 amide bonds. The number of methoxy groups -OCH3 is 1. The second-order valence-corrected chi connectivity index (χ2v) is 3.88. The molecule has 0 atom stereocenters. The molecule has 0 fully saturated rings. The number of nitrogens with two attached hydrogens (primary N) is 1. The maximum Gasteiger partial charge on any atom is 0.250 e. The molecule has 0 saturated carbocycles. The summed E-state index contributed by atoms with van der Waals surface area (Å²) in [6.07, 6.45) is 2.64. The smallest absolute Gasteiger partial charge is 0.250 e. The molecule has 0 aliphatic heterocycles. The lowest BCUT2D eigenvalue weighted by Crippen LogP contribution is -2.22. The summed E-state index contributed by atoms with van der Waals surface area (Å²) in [4.78, 5) is 23.0. The zero-order valence-electron chi connectivity index (χ0n) is 10.5. The van der Waals surface area contributed by atoms with E-state index in [1.807, 2.05) is 0 Å². The van der Waals surface area contributed by atoms with E-state index >= 15 is 0 Å². The third-order valence-electron chi connectivity index (χ3n) is 2.41. The highest BCUT2D eigenvalue weighted by Crippen LogP contribution is 2.04. The number of nitrogens with one attached hydrogen (secondary N) is 1. The van der Waals surface area contributed by atoms with Crippen molar-refractivity contribution in [2.24, 2.45) is 5.73 Å². The maximum atomic E-state index is 11.5. The third-order valence-corrected chi connectivity index (χ3v) is 2.41. The summed E-state index contributed by atoms with van der Waals surface area (Å²) in [6.45, 7) is 1.40. The molecule has 1 heterocycles. The first kappa shape index (κ1) is 14.4. The van der Waals surface area contributed by atoms with Crippen LogP contribution in [0.25, 0.3) is 0 Å². The van der Waals surface area contributed by atoms with Gasteiger partial charge >= 0.3 is 0 Å². The van der Waals surface area contributed by atoms with Gasteiger partial charge in [0, 0.05) is 32.3 Å². The van der Waals surface area contributed by atoms with E-state index in [4.69, 9.17) is 10.5 Å². The molecular weight excluding hydrogens is 234 g/mol. The van der Waals surface area contributed by atoms with E-state index in [-0.39, 0.29) is 11.5 Å². The van der Waals surface area contributed by atoms with Gasteiger partial charge in [-0.1, -0.05) is 0 Å². The third kappa shape index (κ3) is 4.68. The number of hydrogen-bond donors (Lipinski definition) is 2. The highest BCUT2D eigenvalue weighted by molar-refractivity contribution is 5.90. The van der Waals surface area contributed by atoms with Crippen molar-refractivity contribution in [3.8, 4) is 0 Å². The van der Waals surface area contributed by atoms with E-state index in [0.717, 1.165) is 0 Å². The average Bonchev–Trinajstić information content (AvgIpc) is 2.37. The first-order valence-electron chi connectivity index (χ1n) is 5.86. The average molecular weight is 253 g/mol. The second kappa shape index (κ2) is 7.62. The number of pyridine rings is 1. The molecular formula is C12H19N3O3. The van der Waals surface area contributed by atoms with Crippen LogP contribution in [0, 0.1) is 0 Å². The van der Waals surface area contributed by atoms with E-state index in [2.05, 4.69) is 5.32 Å². The van der Waals surface area contributed by atoms with Crippen LogP contribution in [0.3, 0.4) is 0 Å².